The first kappa shape index (κ1) is 14.0. The van der Waals surface area contributed by atoms with Crippen LogP contribution in [0.25, 0.3) is 0 Å². The maximum atomic E-state index is 9.73. The van der Waals surface area contributed by atoms with Gasteiger partial charge in [-0.1, -0.05) is 26.0 Å². The topological polar surface area (TPSA) is 29.5 Å². The van der Waals surface area contributed by atoms with E-state index < -0.39 is 5.60 Å². The van der Waals surface area contributed by atoms with E-state index in [1.807, 2.05) is 45.0 Å². The van der Waals surface area contributed by atoms with E-state index in [9.17, 15) is 5.11 Å². The molecule has 0 saturated heterocycles. The molecule has 2 nitrogen and oxygen atoms in total. The lowest BCUT2D eigenvalue weighted by Crippen LogP contribution is -2.15. The molecular weight excluding hydrogens is 188 g/mol. The third-order valence-corrected chi connectivity index (χ3v) is 1.85. The molecule has 0 bridgehead atoms. The van der Waals surface area contributed by atoms with Gasteiger partial charge < -0.3 is 9.84 Å². The molecule has 0 heterocycles. The van der Waals surface area contributed by atoms with Gasteiger partial charge in [0.1, 0.15) is 5.75 Å². The van der Waals surface area contributed by atoms with Crippen molar-refractivity contribution in [3.63, 3.8) is 0 Å². The monoisotopic (exact) mass is 210 g/mol. The summed E-state index contributed by atoms with van der Waals surface area (Å²) in [7, 11) is 0. The third kappa shape index (κ3) is 4.84. The van der Waals surface area contributed by atoms with Crippen LogP contribution in [0.4, 0.5) is 0 Å². The Morgan fingerprint density at radius 1 is 1.27 bits per heavy atom. The molecule has 1 N–H and O–H groups in total. The minimum absolute atomic E-state index is 0.648. The summed E-state index contributed by atoms with van der Waals surface area (Å²) < 4.78 is 5.33. The molecule has 0 spiro atoms. The van der Waals surface area contributed by atoms with E-state index in [0.717, 1.165) is 11.3 Å². The molecule has 0 fully saturated rings. The van der Waals surface area contributed by atoms with E-state index in [2.05, 4.69) is 0 Å². The summed E-state index contributed by atoms with van der Waals surface area (Å²) >= 11 is 0. The van der Waals surface area contributed by atoms with Crippen LogP contribution in [0, 0.1) is 0 Å². The summed E-state index contributed by atoms with van der Waals surface area (Å²) in [5.74, 6) is 0.808. The number of aliphatic hydroxyl groups is 1. The van der Waals surface area contributed by atoms with E-state index in [4.69, 9.17) is 4.74 Å². The lowest BCUT2D eigenvalue weighted by atomic mass is 9.98. The first-order valence-electron chi connectivity index (χ1n) is 5.49. The van der Waals surface area contributed by atoms with Gasteiger partial charge in [-0.3, -0.25) is 0 Å². The Kier molecular flexibility index (Phi) is 6.02. The molecule has 1 rings (SSSR count). The Morgan fingerprint density at radius 2 is 1.87 bits per heavy atom. The SMILES string of the molecule is CC.CCOc1cccc(C(C)(C)O)c1. The summed E-state index contributed by atoms with van der Waals surface area (Å²) in [5.41, 5.74) is 0.0751. The zero-order valence-corrected chi connectivity index (χ0v) is 10.4. The third-order valence-electron chi connectivity index (χ3n) is 1.85. The van der Waals surface area contributed by atoms with Gasteiger partial charge in [0.25, 0.3) is 0 Å². The highest BCUT2D eigenvalue weighted by Crippen LogP contribution is 2.23. The van der Waals surface area contributed by atoms with Crippen molar-refractivity contribution in [3.05, 3.63) is 29.8 Å². The summed E-state index contributed by atoms with van der Waals surface area (Å²) in [6.07, 6.45) is 0. The van der Waals surface area contributed by atoms with E-state index in [1.54, 1.807) is 13.8 Å². The predicted molar refractivity (Wildman–Crippen MR) is 64.2 cm³/mol. The molecule has 86 valence electrons. The van der Waals surface area contributed by atoms with Crippen molar-refractivity contribution in [2.24, 2.45) is 0 Å². The molecule has 0 amide bonds. The molecule has 0 unspecified atom stereocenters. The van der Waals surface area contributed by atoms with Gasteiger partial charge in [-0.2, -0.15) is 0 Å². The fraction of sp³-hybridized carbons (Fsp3) is 0.538. The number of hydrogen-bond acceptors (Lipinski definition) is 2. The van der Waals surface area contributed by atoms with E-state index >= 15 is 0 Å². The molecule has 15 heavy (non-hydrogen) atoms. The maximum absolute atomic E-state index is 9.73. The molecule has 0 saturated carbocycles. The molecule has 1 aromatic carbocycles. The summed E-state index contributed by atoms with van der Waals surface area (Å²) in [5, 5.41) is 9.73. The maximum Gasteiger partial charge on any atom is 0.119 e. The second-order valence-corrected chi connectivity index (χ2v) is 3.52. The predicted octanol–water partition coefficient (Wildman–Crippen LogP) is 3.34. The van der Waals surface area contributed by atoms with Crippen molar-refractivity contribution in [1.29, 1.82) is 0 Å². The van der Waals surface area contributed by atoms with Crippen LogP contribution in [0.15, 0.2) is 24.3 Å². The van der Waals surface area contributed by atoms with Crippen LogP contribution in [-0.4, -0.2) is 11.7 Å². The first-order valence-corrected chi connectivity index (χ1v) is 5.49. The van der Waals surface area contributed by atoms with Gasteiger partial charge in [-0.15, -0.1) is 0 Å². The Morgan fingerprint density at radius 3 is 2.33 bits per heavy atom. The normalized spacial score (nSPS) is 10.3. The lowest BCUT2D eigenvalue weighted by Gasteiger charge is -2.18. The summed E-state index contributed by atoms with van der Waals surface area (Å²) in [4.78, 5) is 0. The minimum atomic E-state index is -0.799. The van der Waals surface area contributed by atoms with Crippen molar-refractivity contribution in [1.82, 2.24) is 0 Å². The van der Waals surface area contributed by atoms with Crippen molar-refractivity contribution in [2.75, 3.05) is 6.61 Å². The Balaban J connectivity index is 0.000000921. The number of rotatable bonds is 3. The molecule has 2 heteroatoms. The fourth-order valence-corrected chi connectivity index (χ4v) is 1.13. The second kappa shape index (κ2) is 6.46. The smallest absolute Gasteiger partial charge is 0.119 e. The highest BCUT2D eigenvalue weighted by molar-refractivity contribution is 5.31. The van der Waals surface area contributed by atoms with E-state index in [0.29, 0.717) is 6.61 Å². The quantitative estimate of drug-likeness (QED) is 0.829. The molecule has 0 aliphatic heterocycles. The van der Waals surface area contributed by atoms with Gasteiger partial charge in [0.15, 0.2) is 0 Å². The molecule has 0 radical (unpaired) electrons. The van der Waals surface area contributed by atoms with Crippen LogP contribution in [0.5, 0.6) is 5.75 Å². The average Bonchev–Trinajstić information content (AvgIpc) is 2.21. The Labute approximate surface area is 92.9 Å². The Hall–Kier alpha value is -1.02. The molecule has 0 atom stereocenters. The second-order valence-electron chi connectivity index (χ2n) is 3.52. The van der Waals surface area contributed by atoms with Crippen LogP contribution in [-0.2, 0) is 5.60 Å². The van der Waals surface area contributed by atoms with Crippen molar-refractivity contribution >= 4 is 0 Å². The van der Waals surface area contributed by atoms with Gasteiger partial charge >= 0.3 is 0 Å². The standard InChI is InChI=1S/C11H16O2.C2H6/c1-4-13-10-7-5-6-9(8-10)11(2,3)12;1-2/h5-8,12H,4H2,1-3H3;1-2H3. The molecule has 0 aromatic heterocycles. The molecule has 0 aliphatic rings. The van der Waals surface area contributed by atoms with Crippen LogP contribution in [0.1, 0.15) is 40.2 Å². The average molecular weight is 210 g/mol. The number of hydrogen-bond donors (Lipinski definition) is 1. The largest absolute Gasteiger partial charge is 0.494 e. The van der Waals surface area contributed by atoms with Gasteiger partial charge in [0.2, 0.25) is 0 Å². The number of benzene rings is 1. The molecule has 0 aliphatic carbocycles. The molecular formula is C13H22O2. The van der Waals surface area contributed by atoms with Crippen LogP contribution in [0.2, 0.25) is 0 Å². The lowest BCUT2D eigenvalue weighted by molar-refractivity contribution is 0.0782. The van der Waals surface area contributed by atoms with Crippen molar-refractivity contribution < 1.29 is 9.84 Å². The van der Waals surface area contributed by atoms with Gasteiger partial charge in [0, 0.05) is 0 Å². The Bertz CT molecular complexity index is 274. The fourth-order valence-electron chi connectivity index (χ4n) is 1.13. The van der Waals surface area contributed by atoms with Crippen molar-refractivity contribution in [3.8, 4) is 5.75 Å². The van der Waals surface area contributed by atoms with Crippen LogP contribution < -0.4 is 4.74 Å². The van der Waals surface area contributed by atoms with Crippen molar-refractivity contribution in [2.45, 2.75) is 40.2 Å². The van der Waals surface area contributed by atoms with Gasteiger partial charge in [-0.05, 0) is 38.5 Å². The summed E-state index contributed by atoms with van der Waals surface area (Å²) in [6, 6.07) is 7.53. The zero-order chi connectivity index (χ0) is 11.9. The van der Waals surface area contributed by atoms with Gasteiger partial charge in [-0.25, -0.2) is 0 Å². The van der Waals surface area contributed by atoms with E-state index in [-0.39, 0.29) is 0 Å². The van der Waals surface area contributed by atoms with Gasteiger partial charge in [0.05, 0.1) is 12.2 Å². The van der Waals surface area contributed by atoms with Crippen LogP contribution >= 0.6 is 0 Å². The zero-order valence-electron chi connectivity index (χ0n) is 10.4. The highest BCUT2D eigenvalue weighted by atomic mass is 16.5. The van der Waals surface area contributed by atoms with E-state index in [1.165, 1.54) is 0 Å². The minimum Gasteiger partial charge on any atom is -0.494 e. The highest BCUT2D eigenvalue weighted by Gasteiger charge is 2.15. The summed E-state index contributed by atoms with van der Waals surface area (Å²) in [6.45, 7) is 10.1. The number of ether oxygens (including phenoxy) is 1. The molecule has 1 aromatic rings. The first-order chi connectivity index (χ1) is 7.04. The van der Waals surface area contributed by atoms with Crippen LogP contribution in [0.3, 0.4) is 0 Å².